The summed E-state index contributed by atoms with van der Waals surface area (Å²) in [5, 5.41) is 12.7. The second-order valence-electron chi connectivity index (χ2n) is 4.81. The fourth-order valence-electron chi connectivity index (χ4n) is 2.08. The van der Waals surface area contributed by atoms with Crippen molar-refractivity contribution in [1.29, 1.82) is 5.26 Å². The molecule has 2 aromatic carbocycles. The van der Waals surface area contributed by atoms with E-state index in [1.165, 1.54) is 16.5 Å². The van der Waals surface area contributed by atoms with Gasteiger partial charge in [0.2, 0.25) is 5.91 Å². The lowest BCUT2D eigenvalue weighted by molar-refractivity contribution is -0.113. The number of carbonyl (C=O) groups is 1. The Morgan fingerprint density at radius 2 is 2.13 bits per heavy atom. The van der Waals surface area contributed by atoms with E-state index in [0.29, 0.717) is 22.8 Å². The first-order chi connectivity index (χ1) is 11.2. The number of fused-ring (bicyclic) bond motifs is 1. The monoisotopic (exact) mass is 339 g/mol. The zero-order chi connectivity index (χ0) is 16.1. The Balaban J connectivity index is 1.52. The van der Waals surface area contributed by atoms with Crippen molar-refractivity contribution in [2.24, 2.45) is 0 Å². The summed E-state index contributed by atoms with van der Waals surface area (Å²) in [4.78, 5) is 16.5. The highest BCUT2D eigenvalue weighted by atomic mass is 32.2. The van der Waals surface area contributed by atoms with Crippen LogP contribution in [0.2, 0.25) is 0 Å². The van der Waals surface area contributed by atoms with E-state index in [1.54, 1.807) is 35.6 Å². The van der Waals surface area contributed by atoms with Gasteiger partial charge in [-0.15, -0.1) is 23.1 Å². The van der Waals surface area contributed by atoms with Crippen LogP contribution >= 0.6 is 23.1 Å². The first kappa shape index (κ1) is 15.5. The largest absolute Gasteiger partial charge is 0.325 e. The summed E-state index contributed by atoms with van der Waals surface area (Å²) in [5.41, 5.74) is 2.19. The number of rotatable bonds is 5. The predicted octanol–water partition coefficient (Wildman–Crippen LogP) is 4.04. The van der Waals surface area contributed by atoms with Gasteiger partial charge in [-0.2, -0.15) is 5.26 Å². The topological polar surface area (TPSA) is 65.8 Å². The molecule has 0 saturated carbocycles. The molecule has 3 rings (SSSR count). The molecule has 23 heavy (non-hydrogen) atoms. The predicted molar refractivity (Wildman–Crippen MR) is 95.6 cm³/mol. The fraction of sp³-hybridized carbons (Fsp3) is 0.118. The van der Waals surface area contributed by atoms with Crippen molar-refractivity contribution in [2.75, 3.05) is 11.1 Å². The van der Waals surface area contributed by atoms with Gasteiger partial charge in [0.15, 0.2) is 0 Å². The molecule has 0 spiro atoms. The molecule has 114 valence electrons. The Bertz CT molecular complexity index is 850. The number of amides is 1. The van der Waals surface area contributed by atoms with Crippen molar-refractivity contribution in [3.8, 4) is 6.07 Å². The highest BCUT2D eigenvalue weighted by Crippen LogP contribution is 2.24. The summed E-state index contributed by atoms with van der Waals surface area (Å²) < 4.78 is 1.17. The van der Waals surface area contributed by atoms with Crippen LogP contribution in [0, 0.1) is 11.3 Å². The molecule has 0 aliphatic rings. The number of carbonyl (C=O) groups excluding carboxylic acids is 1. The van der Waals surface area contributed by atoms with E-state index in [-0.39, 0.29) is 5.91 Å². The molecule has 3 aromatic rings. The van der Waals surface area contributed by atoms with Crippen LogP contribution in [-0.4, -0.2) is 16.6 Å². The van der Waals surface area contributed by atoms with Crippen LogP contribution in [0.4, 0.5) is 5.69 Å². The Labute approximate surface area is 142 Å². The lowest BCUT2D eigenvalue weighted by atomic mass is 10.2. The Morgan fingerprint density at radius 1 is 1.26 bits per heavy atom. The van der Waals surface area contributed by atoms with Gasteiger partial charge in [-0.3, -0.25) is 4.79 Å². The van der Waals surface area contributed by atoms with Crippen molar-refractivity contribution in [3.05, 3.63) is 59.1 Å². The fourth-order valence-corrected chi connectivity index (χ4v) is 3.92. The van der Waals surface area contributed by atoms with Crippen molar-refractivity contribution < 1.29 is 4.79 Å². The maximum Gasteiger partial charge on any atom is 0.234 e. The standard InChI is InChI=1S/C17H13N3OS2/c18-9-12-4-3-5-13(8-12)19-16(21)10-22-11-17-20-14-6-1-2-7-15(14)23-17/h1-8H,10-11H2,(H,19,21). The number of para-hydroxylation sites is 1. The summed E-state index contributed by atoms with van der Waals surface area (Å²) in [7, 11) is 0. The second-order valence-corrected chi connectivity index (χ2v) is 6.91. The molecule has 0 saturated heterocycles. The summed E-state index contributed by atoms with van der Waals surface area (Å²) in [6.45, 7) is 0. The zero-order valence-electron chi connectivity index (χ0n) is 12.2. The van der Waals surface area contributed by atoms with Gasteiger partial charge in [0.1, 0.15) is 5.01 Å². The third-order valence-electron chi connectivity index (χ3n) is 3.07. The summed E-state index contributed by atoms with van der Waals surface area (Å²) in [6.07, 6.45) is 0. The first-order valence-electron chi connectivity index (χ1n) is 6.97. The van der Waals surface area contributed by atoms with Crippen LogP contribution in [-0.2, 0) is 10.5 Å². The molecule has 0 unspecified atom stereocenters. The van der Waals surface area contributed by atoms with Crippen LogP contribution in [0.3, 0.4) is 0 Å². The maximum atomic E-state index is 11.9. The quantitative estimate of drug-likeness (QED) is 0.762. The highest BCUT2D eigenvalue weighted by molar-refractivity contribution is 7.99. The summed E-state index contributed by atoms with van der Waals surface area (Å²) >= 11 is 3.19. The van der Waals surface area contributed by atoms with Gasteiger partial charge in [-0.25, -0.2) is 4.98 Å². The lowest BCUT2D eigenvalue weighted by Crippen LogP contribution is -2.14. The number of nitriles is 1. The SMILES string of the molecule is N#Cc1cccc(NC(=O)CSCc2nc3ccccc3s2)c1. The molecule has 1 aromatic heterocycles. The van der Waals surface area contributed by atoms with E-state index in [0.717, 1.165) is 10.5 Å². The molecule has 1 N–H and O–H groups in total. The number of thiazole rings is 1. The van der Waals surface area contributed by atoms with E-state index in [2.05, 4.69) is 22.4 Å². The maximum absolute atomic E-state index is 11.9. The van der Waals surface area contributed by atoms with Gasteiger partial charge in [0.25, 0.3) is 0 Å². The Hall–Kier alpha value is -2.36. The lowest BCUT2D eigenvalue weighted by Gasteiger charge is -2.04. The van der Waals surface area contributed by atoms with E-state index in [4.69, 9.17) is 5.26 Å². The van der Waals surface area contributed by atoms with Gasteiger partial charge in [-0.05, 0) is 30.3 Å². The molecular formula is C17H13N3OS2. The minimum absolute atomic E-state index is 0.0776. The molecule has 6 heteroatoms. The van der Waals surface area contributed by atoms with Crippen molar-refractivity contribution in [1.82, 2.24) is 4.98 Å². The molecule has 0 aliphatic heterocycles. The van der Waals surface area contributed by atoms with E-state index in [1.807, 2.05) is 18.2 Å². The number of aromatic nitrogens is 1. The zero-order valence-corrected chi connectivity index (χ0v) is 13.8. The first-order valence-corrected chi connectivity index (χ1v) is 8.94. The molecule has 0 atom stereocenters. The molecule has 1 heterocycles. The van der Waals surface area contributed by atoms with Crippen molar-refractivity contribution in [3.63, 3.8) is 0 Å². The van der Waals surface area contributed by atoms with Crippen LogP contribution in [0.5, 0.6) is 0 Å². The molecule has 0 fully saturated rings. The highest BCUT2D eigenvalue weighted by Gasteiger charge is 2.06. The minimum Gasteiger partial charge on any atom is -0.325 e. The molecule has 0 aliphatic carbocycles. The third kappa shape index (κ3) is 4.09. The number of anilines is 1. The van der Waals surface area contributed by atoms with Crippen LogP contribution in [0.25, 0.3) is 10.2 Å². The van der Waals surface area contributed by atoms with Crippen LogP contribution in [0.1, 0.15) is 10.6 Å². The average molecular weight is 339 g/mol. The summed E-state index contributed by atoms with van der Waals surface area (Å²) in [5.74, 6) is 0.990. The molecule has 4 nitrogen and oxygen atoms in total. The second kappa shape index (κ2) is 7.27. The average Bonchev–Trinajstić information content (AvgIpc) is 2.97. The van der Waals surface area contributed by atoms with E-state index >= 15 is 0 Å². The Kier molecular flexibility index (Phi) is 4.91. The van der Waals surface area contributed by atoms with Crippen molar-refractivity contribution >= 4 is 44.9 Å². The number of hydrogen-bond donors (Lipinski definition) is 1. The molecular weight excluding hydrogens is 326 g/mol. The van der Waals surface area contributed by atoms with Gasteiger partial charge < -0.3 is 5.32 Å². The number of thioether (sulfide) groups is 1. The number of nitrogens with zero attached hydrogens (tertiary/aromatic N) is 2. The number of hydrogen-bond acceptors (Lipinski definition) is 5. The minimum atomic E-state index is -0.0776. The smallest absolute Gasteiger partial charge is 0.234 e. The van der Waals surface area contributed by atoms with Gasteiger partial charge in [-0.1, -0.05) is 18.2 Å². The van der Waals surface area contributed by atoms with Crippen LogP contribution in [0.15, 0.2) is 48.5 Å². The van der Waals surface area contributed by atoms with Crippen molar-refractivity contribution in [2.45, 2.75) is 5.75 Å². The molecule has 0 radical (unpaired) electrons. The van der Waals surface area contributed by atoms with Gasteiger partial charge in [0, 0.05) is 11.4 Å². The normalized spacial score (nSPS) is 10.4. The van der Waals surface area contributed by atoms with Gasteiger partial charge in [0.05, 0.1) is 27.6 Å². The van der Waals surface area contributed by atoms with E-state index < -0.39 is 0 Å². The Morgan fingerprint density at radius 3 is 2.96 bits per heavy atom. The molecule has 1 amide bonds. The molecule has 0 bridgehead atoms. The van der Waals surface area contributed by atoms with Crippen LogP contribution < -0.4 is 5.32 Å². The number of nitrogens with one attached hydrogen (secondary N) is 1. The van der Waals surface area contributed by atoms with Gasteiger partial charge >= 0.3 is 0 Å². The number of benzene rings is 2. The third-order valence-corrected chi connectivity index (χ3v) is 5.24. The summed E-state index contributed by atoms with van der Waals surface area (Å²) in [6, 6.07) is 17.0. The van der Waals surface area contributed by atoms with E-state index in [9.17, 15) is 4.79 Å².